The van der Waals surface area contributed by atoms with Crippen molar-refractivity contribution in [3.05, 3.63) is 54.1 Å². The van der Waals surface area contributed by atoms with E-state index in [4.69, 9.17) is 10.5 Å². The van der Waals surface area contributed by atoms with Gasteiger partial charge in [0.25, 0.3) is 0 Å². The first kappa shape index (κ1) is 11.2. The van der Waals surface area contributed by atoms with Crippen molar-refractivity contribution in [2.45, 2.75) is 6.54 Å². The molecule has 0 fully saturated rings. The molecule has 0 saturated heterocycles. The van der Waals surface area contributed by atoms with Crippen LogP contribution in [0.15, 0.2) is 48.5 Å². The van der Waals surface area contributed by atoms with E-state index < -0.39 is 0 Å². The predicted octanol–water partition coefficient (Wildman–Crippen LogP) is 3.55. The Morgan fingerprint density at radius 2 is 1.83 bits per heavy atom. The minimum atomic E-state index is 0.545. The molecule has 0 amide bonds. The summed E-state index contributed by atoms with van der Waals surface area (Å²) in [7, 11) is 0. The lowest BCUT2D eigenvalue weighted by atomic mass is 10.2. The molecule has 0 aliphatic heterocycles. The maximum Gasteiger partial charge on any atom is 0.207 e. The number of rotatable bonds is 3. The van der Waals surface area contributed by atoms with Crippen molar-refractivity contribution in [3.8, 4) is 10.8 Å². The third-order valence-corrected chi connectivity index (χ3v) is 3.48. The van der Waals surface area contributed by atoms with Crippen LogP contribution in [0.5, 0.6) is 10.8 Å². The van der Waals surface area contributed by atoms with Crippen LogP contribution in [0, 0.1) is 0 Å². The van der Waals surface area contributed by atoms with E-state index in [9.17, 15) is 0 Å². The highest BCUT2D eigenvalue weighted by Crippen LogP contribution is 2.33. The van der Waals surface area contributed by atoms with Crippen molar-refractivity contribution in [2.75, 3.05) is 0 Å². The van der Waals surface area contributed by atoms with Gasteiger partial charge in [0.2, 0.25) is 5.06 Å². The Kier molecular flexibility index (Phi) is 2.96. The van der Waals surface area contributed by atoms with Crippen molar-refractivity contribution in [2.24, 2.45) is 5.73 Å². The van der Waals surface area contributed by atoms with Crippen molar-refractivity contribution >= 4 is 22.4 Å². The van der Waals surface area contributed by atoms with Crippen LogP contribution in [0.25, 0.3) is 10.9 Å². The second-order valence-corrected chi connectivity index (χ2v) is 4.67. The summed E-state index contributed by atoms with van der Waals surface area (Å²) in [5.74, 6) is 0.807. The number of aromatic nitrogens is 1. The van der Waals surface area contributed by atoms with Gasteiger partial charge in [0.05, 0.1) is 10.9 Å². The topological polar surface area (TPSA) is 48.1 Å². The van der Waals surface area contributed by atoms with E-state index in [1.54, 1.807) is 0 Å². The molecule has 2 N–H and O–H groups in total. The molecule has 3 nitrogen and oxygen atoms in total. The first-order valence-corrected chi connectivity index (χ1v) is 6.45. The molecule has 0 aliphatic carbocycles. The number of ether oxygens (including phenoxy) is 1. The van der Waals surface area contributed by atoms with Crippen molar-refractivity contribution in [3.63, 3.8) is 0 Å². The molecule has 4 heteroatoms. The fourth-order valence-electron chi connectivity index (χ4n) is 1.74. The Hall–Kier alpha value is -1.91. The van der Waals surface area contributed by atoms with Gasteiger partial charge in [0.1, 0.15) is 5.75 Å². The quantitative estimate of drug-likeness (QED) is 0.779. The van der Waals surface area contributed by atoms with Crippen LogP contribution in [-0.2, 0) is 6.54 Å². The molecule has 0 aliphatic rings. The summed E-state index contributed by atoms with van der Waals surface area (Å²) < 4.78 is 10.2. The third kappa shape index (κ3) is 2.08. The maximum atomic E-state index is 5.85. The molecule has 90 valence electrons. The Morgan fingerprint density at radius 3 is 2.61 bits per heavy atom. The van der Waals surface area contributed by atoms with Crippen LogP contribution in [0.3, 0.4) is 0 Å². The largest absolute Gasteiger partial charge is 0.444 e. The Bertz CT molecular complexity index is 661. The molecule has 3 rings (SSSR count). The van der Waals surface area contributed by atoms with Gasteiger partial charge in [-0.1, -0.05) is 24.3 Å². The van der Waals surface area contributed by atoms with Crippen LogP contribution < -0.4 is 10.5 Å². The molecule has 3 aromatic rings. The first-order chi connectivity index (χ1) is 8.86. The zero-order valence-electron chi connectivity index (χ0n) is 9.67. The second kappa shape index (κ2) is 4.76. The molecular weight excluding hydrogens is 244 g/mol. The van der Waals surface area contributed by atoms with Crippen molar-refractivity contribution < 1.29 is 4.74 Å². The summed E-state index contributed by atoms with van der Waals surface area (Å²) in [5.41, 5.74) is 7.62. The van der Waals surface area contributed by atoms with Crippen molar-refractivity contribution in [1.82, 2.24) is 4.37 Å². The lowest BCUT2D eigenvalue weighted by Gasteiger charge is -2.03. The number of hydrogen-bond donors (Lipinski definition) is 1. The normalized spacial score (nSPS) is 10.7. The molecule has 1 heterocycles. The van der Waals surface area contributed by atoms with E-state index in [1.165, 1.54) is 11.5 Å². The molecule has 18 heavy (non-hydrogen) atoms. The smallest absolute Gasteiger partial charge is 0.207 e. The van der Waals surface area contributed by atoms with E-state index in [-0.39, 0.29) is 0 Å². The average molecular weight is 256 g/mol. The summed E-state index contributed by atoms with van der Waals surface area (Å²) in [6.07, 6.45) is 0. The lowest BCUT2D eigenvalue weighted by Crippen LogP contribution is -1.95. The number of benzene rings is 2. The molecule has 0 bridgehead atoms. The van der Waals surface area contributed by atoms with E-state index in [0.717, 1.165) is 27.3 Å². The SMILES string of the molecule is NCc1ccc(Oc2snc3ccccc23)cc1. The monoisotopic (exact) mass is 256 g/mol. The van der Waals surface area contributed by atoms with Crippen molar-refractivity contribution in [1.29, 1.82) is 0 Å². The third-order valence-electron chi connectivity index (χ3n) is 2.72. The minimum absolute atomic E-state index is 0.545. The van der Waals surface area contributed by atoms with Gasteiger partial charge in [-0.2, -0.15) is 4.37 Å². The first-order valence-electron chi connectivity index (χ1n) is 5.68. The Morgan fingerprint density at radius 1 is 1.06 bits per heavy atom. The molecule has 2 aromatic carbocycles. The van der Waals surface area contributed by atoms with Crippen LogP contribution in [-0.4, -0.2) is 4.37 Å². The predicted molar refractivity (Wildman–Crippen MR) is 74.0 cm³/mol. The number of fused-ring (bicyclic) bond motifs is 1. The van der Waals surface area contributed by atoms with E-state index in [0.29, 0.717) is 6.54 Å². The molecule has 0 spiro atoms. The summed E-state index contributed by atoms with van der Waals surface area (Å²) >= 11 is 1.37. The zero-order valence-corrected chi connectivity index (χ0v) is 10.5. The highest BCUT2D eigenvalue weighted by molar-refractivity contribution is 7.09. The molecule has 0 atom stereocenters. The number of hydrogen-bond acceptors (Lipinski definition) is 4. The Labute approximate surface area is 109 Å². The van der Waals surface area contributed by atoms with Gasteiger partial charge in [-0.15, -0.1) is 0 Å². The second-order valence-electron chi connectivity index (χ2n) is 3.94. The summed E-state index contributed by atoms with van der Waals surface area (Å²) in [6.45, 7) is 0.545. The Balaban J connectivity index is 1.91. The highest BCUT2D eigenvalue weighted by atomic mass is 32.1. The minimum Gasteiger partial charge on any atom is -0.444 e. The van der Waals surface area contributed by atoms with Gasteiger partial charge >= 0.3 is 0 Å². The standard InChI is InChI=1S/C14H12N2OS/c15-9-10-5-7-11(8-6-10)17-14-12-3-1-2-4-13(12)16-18-14/h1-8H,9,15H2. The van der Waals surface area contributed by atoms with Crippen LogP contribution >= 0.6 is 11.5 Å². The summed E-state index contributed by atoms with van der Waals surface area (Å²) in [6, 6.07) is 15.8. The van der Waals surface area contributed by atoms with Crippen LogP contribution in [0.2, 0.25) is 0 Å². The zero-order chi connectivity index (χ0) is 12.4. The van der Waals surface area contributed by atoms with Gasteiger partial charge in [-0.3, -0.25) is 0 Å². The summed E-state index contributed by atoms with van der Waals surface area (Å²) in [4.78, 5) is 0. The van der Waals surface area contributed by atoms with E-state index >= 15 is 0 Å². The van der Waals surface area contributed by atoms with E-state index in [1.807, 2.05) is 48.5 Å². The molecule has 0 unspecified atom stereocenters. The highest BCUT2D eigenvalue weighted by Gasteiger charge is 2.07. The van der Waals surface area contributed by atoms with E-state index in [2.05, 4.69) is 4.37 Å². The molecule has 1 aromatic heterocycles. The molecular formula is C14H12N2OS. The van der Waals surface area contributed by atoms with Gasteiger partial charge < -0.3 is 10.5 Å². The average Bonchev–Trinajstić information content (AvgIpc) is 2.83. The fourth-order valence-corrected chi connectivity index (χ4v) is 2.48. The molecule has 0 radical (unpaired) electrons. The van der Waals surface area contributed by atoms with Gasteiger partial charge in [-0.05, 0) is 29.8 Å². The number of nitrogens with zero attached hydrogens (tertiary/aromatic N) is 1. The molecule has 0 saturated carbocycles. The van der Waals surface area contributed by atoms with Gasteiger partial charge in [0, 0.05) is 18.1 Å². The fraction of sp³-hybridized carbons (Fsp3) is 0.0714. The summed E-state index contributed by atoms with van der Waals surface area (Å²) in [5, 5.41) is 1.87. The lowest BCUT2D eigenvalue weighted by molar-refractivity contribution is 0.501. The van der Waals surface area contributed by atoms with Crippen LogP contribution in [0.4, 0.5) is 0 Å². The van der Waals surface area contributed by atoms with Gasteiger partial charge in [0.15, 0.2) is 0 Å². The maximum absolute atomic E-state index is 5.85. The van der Waals surface area contributed by atoms with Gasteiger partial charge in [-0.25, -0.2) is 0 Å². The number of nitrogens with two attached hydrogens (primary N) is 1. The van der Waals surface area contributed by atoms with Crippen LogP contribution in [0.1, 0.15) is 5.56 Å².